The maximum Gasteiger partial charge on any atom is 0.330 e. The van der Waals surface area contributed by atoms with Crippen LogP contribution in [0.1, 0.15) is 40.5 Å². The summed E-state index contributed by atoms with van der Waals surface area (Å²) >= 11 is 0. The predicted molar refractivity (Wildman–Crippen MR) is 149 cm³/mol. The Morgan fingerprint density at radius 2 is 1.98 bits per heavy atom. The summed E-state index contributed by atoms with van der Waals surface area (Å²) in [5.41, 5.74) is 5.47. The van der Waals surface area contributed by atoms with E-state index < -0.39 is 12.1 Å². The molecule has 0 N–H and O–H groups in total. The van der Waals surface area contributed by atoms with Crippen molar-refractivity contribution in [2.24, 2.45) is 0 Å². The van der Waals surface area contributed by atoms with Gasteiger partial charge in [-0.1, -0.05) is 6.07 Å². The number of fused-ring (bicyclic) bond motifs is 2. The number of nitriles is 1. The number of esters is 1. The van der Waals surface area contributed by atoms with Gasteiger partial charge in [-0.2, -0.15) is 5.26 Å². The van der Waals surface area contributed by atoms with E-state index in [1.165, 1.54) is 19.3 Å². The Labute approximate surface area is 236 Å². The normalized spacial score (nSPS) is 16.0. The van der Waals surface area contributed by atoms with E-state index in [-0.39, 0.29) is 12.4 Å². The first-order chi connectivity index (χ1) is 19.9. The molecule has 8 heteroatoms. The van der Waals surface area contributed by atoms with Crippen LogP contribution in [0, 0.1) is 24.1 Å². The van der Waals surface area contributed by atoms with E-state index in [4.69, 9.17) is 18.9 Å². The van der Waals surface area contributed by atoms with Gasteiger partial charge >= 0.3 is 5.97 Å². The van der Waals surface area contributed by atoms with Gasteiger partial charge in [0.2, 0.25) is 0 Å². The summed E-state index contributed by atoms with van der Waals surface area (Å²) in [5, 5.41) is 9.84. The Hall–Kier alpha value is -5.16. The Kier molecular flexibility index (Phi) is 6.86. The van der Waals surface area contributed by atoms with Crippen molar-refractivity contribution in [2.45, 2.75) is 25.9 Å². The first kappa shape index (κ1) is 26.1. The standard InChI is InChI=1S/C33H25FN2O5/c1-19-4-3-5-27(36-19)20-6-11-28(21(14-20)17-35)41-29-13-10-26(34)33-25(29)9-12-30(33)40-23-7-8-24-22(15-32(37)38-2)18-39-31(24)16-23/h3-8,10-11,13-16,30H,9,12,18H2,1-2H3/b22-15+/t30-/m1/s1. The molecule has 0 saturated heterocycles. The number of halogens is 1. The average molecular weight is 549 g/mol. The van der Waals surface area contributed by atoms with Crippen LogP contribution in [0.5, 0.6) is 23.0 Å². The first-order valence-corrected chi connectivity index (χ1v) is 13.1. The van der Waals surface area contributed by atoms with Crippen LogP contribution in [0.2, 0.25) is 0 Å². The van der Waals surface area contributed by atoms with Crippen molar-refractivity contribution >= 4 is 11.5 Å². The van der Waals surface area contributed by atoms with E-state index in [9.17, 15) is 10.1 Å². The van der Waals surface area contributed by atoms with Gasteiger partial charge in [0.05, 0.1) is 18.4 Å². The van der Waals surface area contributed by atoms with Crippen LogP contribution in [-0.4, -0.2) is 24.7 Å². The van der Waals surface area contributed by atoms with Crippen LogP contribution in [0.3, 0.4) is 0 Å². The minimum atomic E-state index is -0.525. The number of pyridine rings is 1. The highest BCUT2D eigenvalue weighted by Crippen LogP contribution is 2.44. The van der Waals surface area contributed by atoms with E-state index in [1.54, 1.807) is 30.3 Å². The highest BCUT2D eigenvalue weighted by molar-refractivity contribution is 5.93. The third-order valence-electron chi connectivity index (χ3n) is 7.20. The topological polar surface area (TPSA) is 90.7 Å². The number of aromatic nitrogens is 1. The molecule has 2 heterocycles. The lowest BCUT2D eigenvalue weighted by molar-refractivity contribution is -0.134. The summed E-state index contributed by atoms with van der Waals surface area (Å²) in [4.78, 5) is 16.2. The summed E-state index contributed by atoms with van der Waals surface area (Å²) in [7, 11) is 1.32. The van der Waals surface area contributed by atoms with Crippen LogP contribution in [0.15, 0.2) is 72.8 Å². The lowest BCUT2D eigenvalue weighted by Crippen LogP contribution is -2.06. The molecule has 0 unspecified atom stereocenters. The maximum atomic E-state index is 15.1. The Morgan fingerprint density at radius 3 is 2.78 bits per heavy atom. The molecule has 0 saturated carbocycles. The van der Waals surface area contributed by atoms with Crippen molar-refractivity contribution in [2.75, 3.05) is 13.7 Å². The number of hydrogen-bond acceptors (Lipinski definition) is 7. The van der Waals surface area contributed by atoms with Crippen molar-refractivity contribution in [3.05, 3.63) is 107 Å². The third kappa shape index (κ3) is 5.10. The first-order valence-electron chi connectivity index (χ1n) is 13.1. The molecule has 4 aromatic rings. The van der Waals surface area contributed by atoms with E-state index in [1.807, 2.05) is 37.3 Å². The highest BCUT2D eigenvalue weighted by atomic mass is 19.1. The summed E-state index contributed by atoms with van der Waals surface area (Å²) in [6.07, 6.45) is 1.99. The van der Waals surface area contributed by atoms with Gasteiger partial charge in [0.25, 0.3) is 0 Å². The minimum absolute atomic E-state index is 0.253. The number of carbonyl (C=O) groups is 1. The van der Waals surface area contributed by atoms with Crippen molar-refractivity contribution in [1.82, 2.24) is 4.98 Å². The van der Waals surface area contributed by atoms with Crippen LogP contribution >= 0.6 is 0 Å². The highest BCUT2D eigenvalue weighted by Gasteiger charge is 2.31. The molecule has 0 amide bonds. The van der Waals surface area contributed by atoms with Gasteiger partial charge in [0.1, 0.15) is 47.6 Å². The number of ether oxygens (including phenoxy) is 4. The number of rotatable bonds is 6. The monoisotopic (exact) mass is 548 g/mol. The second-order valence-corrected chi connectivity index (χ2v) is 9.81. The molecule has 204 valence electrons. The number of benzene rings is 3. The SMILES string of the molecule is COC(=O)/C=C1\COc2cc(O[C@@H]3CCc4c(Oc5ccc(-c6cccc(C)n6)cc5C#N)ccc(F)c43)ccc21. The number of methoxy groups -OCH3 is 1. The van der Waals surface area contributed by atoms with Crippen LogP contribution in [-0.2, 0) is 16.0 Å². The van der Waals surface area contributed by atoms with E-state index in [0.29, 0.717) is 52.5 Å². The lowest BCUT2D eigenvalue weighted by atomic mass is 10.1. The second-order valence-electron chi connectivity index (χ2n) is 9.81. The summed E-state index contributed by atoms with van der Waals surface area (Å²) in [5.74, 6) is 1.15. The zero-order valence-corrected chi connectivity index (χ0v) is 22.4. The predicted octanol–water partition coefficient (Wildman–Crippen LogP) is 6.88. The largest absolute Gasteiger partial charge is 0.488 e. The zero-order valence-electron chi connectivity index (χ0n) is 22.4. The fourth-order valence-electron chi connectivity index (χ4n) is 5.22. The Morgan fingerprint density at radius 1 is 1.12 bits per heavy atom. The number of carbonyl (C=O) groups excluding carboxylic acids is 1. The average Bonchev–Trinajstić information content (AvgIpc) is 3.59. The minimum Gasteiger partial charge on any atom is -0.488 e. The third-order valence-corrected chi connectivity index (χ3v) is 7.20. The van der Waals surface area contributed by atoms with Crippen molar-refractivity contribution in [3.8, 4) is 40.3 Å². The van der Waals surface area contributed by atoms with Gasteiger partial charge in [-0.3, -0.25) is 4.98 Å². The number of hydrogen-bond donors (Lipinski definition) is 0. The maximum absolute atomic E-state index is 15.1. The Bertz CT molecular complexity index is 1760. The summed E-state index contributed by atoms with van der Waals surface area (Å²) < 4.78 is 38.0. The molecule has 7 nitrogen and oxygen atoms in total. The Balaban J connectivity index is 1.24. The molecule has 0 spiro atoms. The van der Waals surface area contributed by atoms with E-state index in [0.717, 1.165) is 28.1 Å². The number of aryl methyl sites for hydroxylation is 1. The molecule has 1 aliphatic heterocycles. The molecule has 0 fully saturated rings. The summed E-state index contributed by atoms with van der Waals surface area (Å²) in [6, 6.07) is 21.6. The fourth-order valence-corrected chi connectivity index (χ4v) is 5.22. The smallest absolute Gasteiger partial charge is 0.330 e. The van der Waals surface area contributed by atoms with Gasteiger partial charge in [-0.25, -0.2) is 9.18 Å². The molecule has 1 atom stereocenters. The van der Waals surface area contributed by atoms with Gasteiger partial charge in [-0.05, 0) is 74.4 Å². The van der Waals surface area contributed by atoms with Crippen molar-refractivity contribution in [1.29, 1.82) is 5.26 Å². The van der Waals surface area contributed by atoms with E-state index >= 15 is 4.39 Å². The van der Waals surface area contributed by atoms with Crippen molar-refractivity contribution < 1.29 is 28.1 Å². The molecule has 6 rings (SSSR count). The molecule has 0 radical (unpaired) electrons. The molecular formula is C33H25FN2O5. The van der Waals surface area contributed by atoms with Crippen LogP contribution < -0.4 is 14.2 Å². The quantitative estimate of drug-likeness (QED) is 0.192. The summed E-state index contributed by atoms with van der Waals surface area (Å²) in [6.45, 7) is 2.17. The van der Waals surface area contributed by atoms with Gasteiger partial charge in [0.15, 0.2) is 0 Å². The molecule has 0 bridgehead atoms. The van der Waals surface area contributed by atoms with Gasteiger partial charge in [-0.15, -0.1) is 0 Å². The van der Waals surface area contributed by atoms with Crippen LogP contribution in [0.4, 0.5) is 4.39 Å². The van der Waals surface area contributed by atoms with Gasteiger partial charge < -0.3 is 18.9 Å². The molecule has 1 aliphatic carbocycles. The lowest BCUT2D eigenvalue weighted by Gasteiger charge is -2.17. The zero-order chi connectivity index (χ0) is 28.5. The number of nitrogens with zero attached hydrogens (tertiary/aromatic N) is 2. The second kappa shape index (κ2) is 10.8. The van der Waals surface area contributed by atoms with Gasteiger partial charge in [0, 0.05) is 45.7 Å². The fraction of sp³-hybridized carbons (Fsp3) is 0.182. The molecule has 3 aromatic carbocycles. The van der Waals surface area contributed by atoms with Crippen LogP contribution in [0.25, 0.3) is 16.8 Å². The molecule has 41 heavy (non-hydrogen) atoms. The molecular weight excluding hydrogens is 523 g/mol. The van der Waals surface area contributed by atoms with E-state index in [2.05, 4.69) is 11.1 Å². The van der Waals surface area contributed by atoms with Crippen molar-refractivity contribution in [3.63, 3.8) is 0 Å². The molecule has 1 aromatic heterocycles. The molecule has 2 aliphatic rings.